The molecule has 0 saturated heterocycles. The van der Waals surface area contributed by atoms with Crippen LogP contribution in [-0.4, -0.2) is 32.8 Å². The SMILES string of the molecule is CCOC(=O)/C(=C/c1ccc(F)cc1)CC(=O)NCS(=O)(=O)c1ccc(C)cc1. The molecule has 154 valence electrons. The summed E-state index contributed by atoms with van der Waals surface area (Å²) < 4.78 is 42.7. The van der Waals surface area contributed by atoms with E-state index in [9.17, 15) is 22.4 Å². The van der Waals surface area contributed by atoms with Crippen LogP contribution < -0.4 is 5.32 Å². The molecule has 0 fully saturated rings. The number of halogens is 1. The lowest BCUT2D eigenvalue weighted by Crippen LogP contribution is -2.30. The molecule has 29 heavy (non-hydrogen) atoms. The van der Waals surface area contributed by atoms with E-state index in [2.05, 4.69) is 5.32 Å². The van der Waals surface area contributed by atoms with Crippen molar-refractivity contribution in [1.29, 1.82) is 0 Å². The zero-order valence-electron chi connectivity index (χ0n) is 16.1. The number of rotatable bonds is 8. The summed E-state index contributed by atoms with van der Waals surface area (Å²) in [5, 5.41) is 2.32. The van der Waals surface area contributed by atoms with E-state index in [-0.39, 0.29) is 23.5 Å². The molecule has 1 amide bonds. The molecule has 0 spiro atoms. The van der Waals surface area contributed by atoms with Crippen LogP contribution in [-0.2, 0) is 24.2 Å². The van der Waals surface area contributed by atoms with E-state index < -0.39 is 33.4 Å². The van der Waals surface area contributed by atoms with Crippen molar-refractivity contribution < 1.29 is 27.1 Å². The van der Waals surface area contributed by atoms with E-state index in [0.717, 1.165) is 5.56 Å². The van der Waals surface area contributed by atoms with Gasteiger partial charge in [0.15, 0.2) is 9.84 Å². The molecule has 0 aliphatic rings. The van der Waals surface area contributed by atoms with Gasteiger partial charge in [-0.25, -0.2) is 17.6 Å². The summed E-state index contributed by atoms with van der Waals surface area (Å²) in [5.74, 6) is -2.38. The van der Waals surface area contributed by atoms with Gasteiger partial charge >= 0.3 is 5.97 Å². The molecule has 0 aromatic heterocycles. The topological polar surface area (TPSA) is 89.5 Å². The van der Waals surface area contributed by atoms with E-state index >= 15 is 0 Å². The largest absolute Gasteiger partial charge is 0.463 e. The predicted octanol–water partition coefficient (Wildman–Crippen LogP) is 3.02. The Balaban J connectivity index is 2.10. The maximum absolute atomic E-state index is 13.1. The number of ether oxygens (including phenoxy) is 1. The van der Waals surface area contributed by atoms with Gasteiger partial charge in [0.1, 0.15) is 11.7 Å². The summed E-state index contributed by atoms with van der Waals surface area (Å²) in [6.07, 6.45) is 1.03. The Morgan fingerprint density at radius 3 is 2.28 bits per heavy atom. The highest BCUT2D eigenvalue weighted by atomic mass is 32.2. The Morgan fingerprint density at radius 1 is 1.07 bits per heavy atom. The van der Waals surface area contributed by atoms with Crippen molar-refractivity contribution in [3.05, 3.63) is 71.0 Å². The first-order chi connectivity index (χ1) is 13.7. The van der Waals surface area contributed by atoms with Gasteiger partial charge in [0.05, 0.1) is 17.9 Å². The second-order valence-electron chi connectivity index (χ2n) is 6.29. The van der Waals surface area contributed by atoms with Crippen molar-refractivity contribution in [1.82, 2.24) is 5.32 Å². The van der Waals surface area contributed by atoms with Gasteiger partial charge in [-0.1, -0.05) is 29.8 Å². The number of carbonyl (C=O) groups excluding carboxylic acids is 2. The number of nitrogens with one attached hydrogen (secondary N) is 1. The van der Waals surface area contributed by atoms with Gasteiger partial charge in [-0.05, 0) is 49.8 Å². The molecule has 8 heteroatoms. The first kappa shape index (κ1) is 22.3. The lowest BCUT2D eigenvalue weighted by Gasteiger charge is -2.10. The average Bonchev–Trinajstić information content (AvgIpc) is 2.68. The molecular formula is C21H22FNO5S. The van der Waals surface area contributed by atoms with E-state index in [1.54, 1.807) is 19.1 Å². The molecule has 0 saturated carbocycles. The number of carbonyl (C=O) groups is 2. The normalized spacial score (nSPS) is 11.8. The molecule has 1 N–H and O–H groups in total. The summed E-state index contributed by atoms with van der Waals surface area (Å²) in [6, 6.07) is 11.6. The highest BCUT2D eigenvalue weighted by Crippen LogP contribution is 2.14. The van der Waals surface area contributed by atoms with E-state index in [1.165, 1.54) is 42.5 Å². The number of hydrogen-bond donors (Lipinski definition) is 1. The number of amides is 1. The van der Waals surface area contributed by atoms with E-state index in [1.807, 2.05) is 6.92 Å². The first-order valence-electron chi connectivity index (χ1n) is 8.90. The van der Waals surface area contributed by atoms with Crippen LogP contribution in [0.2, 0.25) is 0 Å². The summed E-state index contributed by atoms with van der Waals surface area (Å²) >= 11 is 0. The molecule has 0 aliphatic carbocycles. The molecular weight excluding hydrogens is 397 g/mol. The van der Waals surface area contributed by atoms with Crippen LogP contribution in [0.4, 0.5) is 4.39 Å². The lowest BCUT2D eigenvalue weighted by atomic mass is 10.1. The number of esters is 1. The minimum absolute atomic E-state index is 0.0312. The van der Waals surface area contributed by atoms with E-state index in [0.29, 0.717) is 5.56 Å². The van der Waals surface area contributed by atoms with Crippen LogP contribution in [0.25, 0.3) is 6.08 Å². The molecule has 2 aromatic carbocycles. The van der Waals surface area contributed by atoms with Crippen LogP contribution >= 0.6 is 0 Å². The van der Waals surface area contributed by atoms with Crippen LogP contribution in [0.1, 0.15) is 24.5 Å². The Labute approximate surface area is 169 Å². The summed E-state index contributed by atoms with van der Waals surface area (Å²) in [6.45, 7) is 3.58. The quantitative estimate of drug-likeness (QED) is 0.525. The lowest BCUT2D eigenvalue weighted by molar-refractivity contribution is -0.139. The standard InChI is InChI=1S/C21H22FNO5S/c1-3-28-21(25)17(12-16-6-8-18(22)9-7-16)13-20(24)23-14-29(26,27)19-10-4-15(2)5-11-19/h4-12H,3,13-14H2,1-2H3,(H,23,24)/b17-12+. The van der Waals surface area contributed by atoms with Crippen LogP contribution in [0.5, 0.6) is 0 Å². The van der Waals surface area contributed by atoms with Crippen molar-refractivity contribution in [2.75, 3.05) is 12.5 Å². The minimum Gasteiger partial charge on any atom is -0.463 e. The Morgan fingerprint density at radius 2 is 1.69 bits per heavy atom. The Hall–Kier alpha value is -3.00. The summed E-state index contributed by atoms with van der Waals surface area (Å²) in [7, 11) is -3.71. The van der Waals surface area contributed by atoms with Crippen molar-refractivity contribution in [2.45, 2.75) is 25.2 Å². The second-order valence-corrected chi connectivity index (χ2v) is 8.28. The molecule has 0 bridgehead atoms. The van der Waals surface area contributed by atoms with Gasteiger partial charge in [0.2, 0.25) is 5.91 Å². The molecule has 0 unspecified atom stereocenters. The van der Waals surface area contributed by atoms with Gasteiger partial charge in [-0.15, -0.1) is 0 Å². The average molecular weight is 419 g/mol. The van der Waals surface area contributed by atoms with Crippen molar-refractivity contribution >= 4 is 27.8 Å². The summed E-state index contributed by atoms with van der Waals surface area (Å²) in [5.41, 5.74) is 1.45. The van der Waals surface area contributed by atoms with Gasteiger partial charge in [0.25, 0.3) is 0 Å². The molecule has 0 aliphatic heterocycles. The van der Waals surface area contributed by atoms with Gasteiger partial charge < -0.3 is 10.1 Å². The molecule has 0 heterocycles. The van der Waals surface area contributed by atoms with Gasteiger partial charge in [-0.2, -0.15) is 0 Å². The van der Waals surface area contributed by atoms with Crippen molar-refractivity contribution in [3.8, 4) is 0 Å². The zero-order chi connectivity index (χ0) is 21.4. The fourth-order valence-electron chi connectivity index (χ4n) is 2.41. The first-order valence-corrected chi connectivity index (χ1v) is 10.6. The fourth-order valence-corrected chi connectivity index (χ4v) is 3.47. The van der Waals surface area contributed by atoms with Crippen LogP contribution in [0.15, 0.2) is 59.0 Å². The van der Waals surface area contributed by atoms with Crippen molar-refractivity contribution in [3.63, 3.8) is 0 Å². The molecule has 2 rings (SSSR count). The fraction of sp³-hybridized carbons (Fsp3) is 0.238. The molecule has 2 aromatic rings. The predicted molar refractivity (Wildman–Crippen MR) is 107 cm³/mol. The Kier molecular flexibility index (Phi) is 7.67. The van der Waals surface area contributed by atoms with Crippen molar-refractivity contribution in [2.24, 2.45) is 0 Å². The third-order valence-corrected chi connectivity index (χ3v) is 5.45. The highest BCUT2D eigenvalue weighted by molar-refractivity contribution is 7.91. The van der Waals surface area contributed by atoms with Gasteiger partial charge in [0, 0.05) is 5.57 Å². The number of hydrogen-bond acceptors (Lipinski definition) is 5. The third-order valence-electron chi connectivity index (χ3n) is 3.94. The van der Waals surface area contributed by atoms with Gasteiger partial charge in [-0.3, -0.25) is 4.79 Å². The van der Waals surface area contributed by atoms with E-state index in [4.69, 9.17) is 4.74 Å². The Bertz CT molecular complexity index is 996. The van der Waals surface area contributed by atoms with Crippen LogP contribution in [0.3, 0.4) is 0 Å². The summed E-state index contributed by atoms with van der Waals surface area (Å²) in [4.78, 5) is 24.5. The number of benzene rings is 2. The third kappa shape index (κ3) is 6.83. The minimum atomic E-state index is -3.71. The monoisotopic (exact) mass is 419 g/mol. The molecule has 0 atom stereocenters. The second kappa shape index (κ2) is 9.97. The molecule has 6 nitrogen and oxygen atoms in total. The maximum atomic E-state index is 13.1. The maximum Gasteiger partial charge on any atom is 0.334 e. The molecule has 0 radical (unpaired) electrons. The smallest absolute Gasteiger partial charge is 0.334 e. The zero-order valence-corrected chi connectivity index (χ0v) is 17.0. The number of aryl methyl sites for hydroxylation is 1. The number of sulfone groups is 1. The van der Waals surface area contributed by atoms with Crippen LogP contribution in [0, 0.1) is 12.7 Å². The highest BCUT2D eigenvalue weighted by Gasteiger charge is 2.19.